The van der Waals surface area contributed by atoms with Gasteiger partial charge in [-0.1, -0.05) is 31.5 Å². The lowest BCUT2D eigenvalue weighted by Crippen LogP contribution is -2.66. The highest BCUT2D eigenvalue weighted by atomic mass is 32.2. The molecule has 0 unspecified atom stereocenters. The molecule has 11 heteroatoms. The lowest BCUT2D eigenvalue weighted by molar-refractivity contribution is -0.189. The molecular weight excluding hydrogens is 473 g/mol. The number of nitrogens with zero attached hydrogens (tertiary/aromatic N) is 1. The van der Waals surface area contributed by atoms with E-state index in [4.69, 9.17) is 4.74 Å². The summed E-state index contributed by atoms with van der Waals surface area (Å²) in [6.45, 7) is 5.41. The molecule has 34 heavy (non-hydrogen) atoms. The van der Waals surface area contributed by atoms with Crippen LogP contribution in [0.4, 0.5) is 13.2 Å². The molecule has 1 aliphatic carbocycles. The second kappa shape index (κ2) is 8.17. The zero-order chi connectivity index (χ0) is 25.1. The Morgan fingerprint density at radius 3 is 2.35 bits per heavy atom. The molecule has 2 aliphatic heterocycles. The smallest absolute Gasteiger partial charge is 0.376 e. The normalized spacial score (nSPS) is 27.5. The number of carbonyl (C=O) groups excluding carboxylic acids is 2. The van der Waals surface area contributed by atoms with Crippen molar-refractivity contribution in [3.05, 3.63) is 41.1 Å². The number of hydrogen-bond donors (Lipinski definition) is 1. The molecule has 1 aromatic rings. The minimum atomic E-state index is -5.40. The molecule has 1 fully saturated rings. The van der Waals surface area contributed by atoms with Crippen molar-refractivity contribution < 1.29 is 35.9 Å². The lowest BCUT2D eigenvalue weighted by atomic mass is 9.72. The molecule has 186 valence electrons. The van der Waals surface area contributed by atoms with Gasteiger partial charge in [-0.05, 0) is 43.7 Å². The van der Waals surface area contributed by atoms with Crippen molar-refractivity contribution in [1.82, 2.24) is 9.62 Å². The average molecular weight is 501 g/mol. The van der Waals surface area contributed by atoms with Crippen LogP contribution in [-0.2, 0) is 24.3 Å². The van der Waals surface area contributed by atoms with E-state index >= 15 is 0 Å². The number of allylic oxidation sites excluding steroid dienone is 1. The maximum atomic E-state index is 14.8. The summed E-state index contributed by atoms with van der Waals surface area (Å²) in [6.07, 6.45) is -4.85. The van der Waals surface area contributed by atoms with Gasteiger partial charge in [0.1, 0.15) is 0 Å². The first kappa shape index (κ1) is 24.9. The third-order valence-electron chi connectivity index (χ3n) is 6.57. The number of aryl methyl sites for hydroxylation is 1. The van der Waals surface area contributed by atoms with Crippen molar-refractivity contribution in [2.45, 2.75) is 69.2 Å². The zero-order valence-corrected chi connectivity index (χ0v) is 20.0. The summed E-state index contributed by atoms with van der Waals surface area (Å²) in [6, 6.07) is 5.20. The van der Waals surface area contributed by atoms with Gasteiger partial charge in [0, 0.05) is 18.7 Å². The van der Waals surface area contributed by atoms with E-state index in [9.17, 15) is 31.2 Å². The van der Waals surface area contributed by atoms with Crippen LogP contribution in [0.15, 0.2) is 40.4 Å². The molecule has 0 saturated carbocycles. The van der Waals surface area contributed by atoms with Crippen molar-refractivity contribution in [2.75, 3.05) is 13.2 Å². The van der Waals surface area contributed by atoms with E-state index in [-0.39, 0.29) is 25.1 Å². The van der Waals surface area contributed by atoms with E-state index in [1.165, 1.54) is 12.1 Å². The van der Waals surface area contributed by atoms with E-state index in [0.29, 0.717) is 25.0 Å². The summed E-state index contributed by atoms with van der Waals surface area (Å²) in [4.78, 5) is 27.2. The molecule has 0 spiro atoms. The number of hydrogen-bond acceptors (Lipinski definition) is 5. The molecule has 0 radical (unpaired) electrons. The molecule has 2 atom stereocenters. The Bertz CT molecular complexity index is 1150. The van der Waals surface area contributed by atoms with Crippen molar-refractivity contribution in [1.29, 1.82) is 0 Å². The van der Waals surface area contributed by atoms with E-state index in [2.05, 4.69) is 0 Å². The first-order chi connectivity index (χ1) is 15.7. The highest BCUT2D eigenvalue weighted by molar-refractivity contribution is 7.89. The van der Waals surface area contributed by atoms with Crippen molar-refractivity contribution in [2.24, 2.45) is 5.41 Å². The largest absolute Gasteiger partial charge is 0.421 e. The fourth-order valence-electron chi connectivity index (χ4n) is 4.95. The van der Waals surface area contributed by atoms with Crippen LogP contribution in [0.2, 0.25) is 0 Å². The third-order valence-corrected chi connectivity index (χ3v) is 8.04. The SMILES string of the molecule is Cc1ccc(S(=O)(=O)N[C@]2(C(F)(F)F)C(=O)N(C[C@H]3CCCO3)C3=C2C(=O)CC(C)(C)C3)cc1. The molecule has 3 aliphatic rings. The zero-order valence-electron chi connectivity index (χ0n) is 19.2. The van der Waals surface area contributed by atoms with Gasteiger partial charge in [-0.15, -0.1) is 0 Å². The fourth-order valence-corrected chi connectivity index (χ4v) is 6.27. The average Bonchev–Trinajstić information content (AvgIpc) is 3.28. The van der Waals surface area contributed by atoms with Crippen LogP contribution < -0.4 is 4.72 Å². The van der Waals surface area contributed by atoms with Crippen LogP contribution >= 0.6 is 0 Å². The van der Waals surface area contributed by atoms with E-state index in [0.717, 1.165) is 17.0 Å². The summed E-state index contributed by atoms with van der Waals surface area (Å²) >= 11 is 0. The van der Waals surface area contributed by atoms with Crippen LogP contribution in [0.3, 0.4) is 0 Å². The van der Waals surface area contributed by atoms with Gasteiger partial charge in [0.25, 0.3) is 5.91 Å². The maximum Gasteiger partial charge on any atom is 0.421 e. The molecule has 2 heterocycles. The number of halogens is 3. The molecule has 0 bridgehead atoms. The van der Waals surface area contributed by atoms with E-state index < -0.39 is 55.4 Å². The van der Waals surface area contributed by atoms with Crippen LogP contribution in [0.25, 0.3) is 0 Å². The number of Topliss-reactive ketones (excluding diaryl/α,β-unsaturated/α-hetero) is 1. The molecule has 1 saturated heterocycles. The van der Waals surface area contributed by atoms with Crippen LogP contribution in [0.1, 0.15) is 45.1 Å². The highest BCUT2D eigenvalue weighted by Crippen LogP contribution is 2.52. The van der Waals surface area contributed by atoms with Crippen molar-refractivity contribution in [3.8, 4) is 0 Å². The summed E-state index contributed by atoms with van der Waals surface area (Å²) in [5.41, 5.74) is -4.58. The first-order valence-corrected chi connectivity index (χ1v) is 12.5. The van der Waals surface area contributed by atoms with Crippen molar-refractivity contribution >= 4 is 21.7 Å². The molecule has 4 rings (SSSR count). The number of alkyl halides is 3. The monoisotopic (exact) mass is 500 g/mol. The number of carbonyl (C=O) groups is 2. The van der Waals surface area contributed by atoms with E-state index in [1.54, 1.807) is 25.5 Å². The quantitative estimate of drug-likeness (QED) is 0.670. The number of sulfonamides is 1. The van der Waals surface area contributed by atoms with Gasteiger partial charge in [-0.2, -0.15) is 17.9 Å². The van der Waals surface area contributed by atoms with Crippen LogP contribution in [0.5, 0.6) is 0 Å². The molecule has 1 aromatic carbocycles. The fraction of sp³-hybridized carbons (Fsp3) is 0.565. The lowest BCUT2D eigenvalue weighted by Gasteiger charge is -2.35. The topological polar surface area (TPSA) is 92.8 Å². The molecule has 1 N–H and O–H groups in total. The Kier molecular flexibility index (Phi) is 5.97. The Labute approximate surface area is 196 Å². The number of ether oxygens (including phenoxy) is 1. The number of amides is 1. The summed E-state index contributed by atoms with van der Waals surface area (Å²) in [7, 11) is -4.82. The number of rotatable bonds is 5. The van der Waals surface area contributed by atoms with Crippen LogP contribution in [0, 0.1) is 12.3 Å². The number of benzene rings is 1. The van der Waals surface area contributed by atoms with Gasteiger partial charge in [-0.25, -0.2) is 8.42 Å². The minimum absolute atomic E-state index is 0.0244. The van der Waals surface area contributed by atoms with E-state index in [1.807, 2.05) is 0 Å². The first-order valence-electron chi connectivity index (χ1n) is 11.1. The molecule has 0 aromatic heterocycles. The van der Waals surface area contributed by atoms with Crippen molar-refractivity contribution in [3.63, 3.8) is 0 Å². The summed E-state index contributed by atoms with van der Waals surface area (Å²) in [5.74, 6) is -2.40. The Morgan fingerprint density at radius 1 is 1.15 bits per heavy atom. The van der Waals surface area contributed by atoms with Gasteiger partial charge >= 0.3 is 6.18 Å². The Balaban J connectivity index is 1.88. The van der Waals surface area contributed by atoms with Gasteiger partial charge in [0.05, 0.1) is 23.1 Å². The second-order valence-electron chi connectivity index (χ2n) is 9.98. The predicted octanol–water partition coefficient (Wildman–Crippen LogP) is 3.24. The highest BCUT2D eigenvalue weighted by Gasteiger charge is 2.72. The third kappa shape index (κ3) is 4.07. The molecular formula is C23H27F3N2O5S. The second-order valence-corrected chi connectivity index (χ2v) is 11.7. The van der Waals surface area contributed by atoms with Gasteiger partial charge in [0.15, 0.2) is 5.78 Å². The number of ketones is 1. The van der Waals surface area contributed by atoms with Crippen LogP contribution in [-0.4, -0.2) is 56.0 Å². The molecule has 1 amide bonds. The maximum absolute atomic E-state index is 14.8. The minimum Gasteiger partial charge on any atom is -0.376 e. The predicted molar refractivity (Wildman–Crippen MR) is 116 cm³/mol. The Morgan fingerprint density at radius 2 is 1.79 bits per heavy atom. The van der Waals surface area contributed by atoms with Gasteiger partial charge in [-0.3, -0.25) is 9.59 Å². The number of nitrogens with one attached hydrogen (secondary N) is 1. The summed E-state index contributed by atoms with van der Waals surface area (Å²) < 4.78 is 77.8. The Hall–Kier alpha value is -2.24. The van der Waals surface area contributed by atoms with Gasteiger partial charge < -0.3 is 9.64 Å². The molecule has 7 nitrogen and oxygen atoms in total. The standard InChI is InChI=1S/C23H27F3N2O5S/c1-14-6-8-16(9-7-14)34(31,32)27-22(23(24,25)26)19-17(11-21(2,3)12-18(19)29)28(20(22)30)13-15-5-4-10-33-15/h6-9,15,27H,4-5,10-13H2,1-3H3/t15-,22+/m1/s1. The van der Waals surface area contributed by atoms with Gasteiger partial charge in [0.2, 0.25) is 15.6 Å². The summed E-state index contributed by atoms with van der Waals surface area (Å²) in [5, 5.41) is 0.